The fourth-order valence-corrected chi connectivity index (χ4v) is 6.00. The monoisotopic (exact) mass is 397 g/mol. The Morgan fingerprint density at radius 2 is 1.69 bits per heavy atom. The predicted octanol–water partition coefficient (Wildman–Crippen LogP) is 4.56. The zero-order valence-corrected chi connectivity index (χ0v) is 17.1. The molecule has 0 atom stereocenters. The van der Waals surface area contributed by atoms with E-state index in [1.165, 1.54) is 45.3 Å². The van der Waals surface area contributed by atoms with Gasteiger partial charge in [-0.3, -0.25) is 0 Å². The largest absolute Gasteiger partial charge is 0.466 e. The summed E-state index contributed by atoms with van der Waals surface area (Å²) in [6.07, 6.45) is 10.9. The summed E-state index contributed by atoms with van der Waals surface area (Å²) in [7, 11) is 1.35. The number of methoxy groups -OCH3 is 1. The zero-order chi connectivity index (χ0) is 20.2. The van der Waals surface area contributed by atoms with Crippen LogP contribution in [0.25, 0.3) is 6.08 Å². The molecule has 4 aliphatic carbocycles. The molecule has 1 aromatic carbocycles. The van der Waals surface area contributed by atoms with Crippen LogP contribution in [-0.4, -0.2) is 25.8 Å². The van der Waals surface area contributed by atoms with Gasteiger partial charge in [0.05, 0.1) is 13.7 Å². The molecule has 1 amide bonds. The molecule has 0 unspecified atom stereocenters. The molecule has 0 aliphatic heterocycles. The first-order valence-electron chi connectivity index (χ1n) is 10.9. The maximum Gasteiger partial charge on any atom is 0.407 e. The third-order valence-corrected chi connectivity index (χ3v) is 7.14. The summed E-state index contributed by atoms with van der Waals surface area (Å²) in [5.41, 5.74) is 1.88. The molecule has 0 radical (unpaired) electrons. The van der Waals surface area contributed by atoms with Crippen LogP contribution in [0.2, 0.25) is 0 Å². The third kappa shape index (κ3) is 5.01. The van der Waals surface area contributed by atoms with Gasteiger partial charge in [-0.2, -0.15) is 0 Å². The summed E-state index contributed by atoms with van der Waals surface area (Å²) in [5, 5.41) is 2.83. The maximum atomic E-state index is 12.0. The van der Waals surface area contributed by atoms with E-state index in [1.807, 2.05) is 24.3 Å². The highest BCUT2D eigenvalue weighted by Gasteiger charge is 2.47. The molecule has 29 heavy (non-hydrogen) atoms. The van der Waals surface area contributed by atoms with Crippen molar-refractivity contribution in [2.24, 2.45) is 29.6 Å². The summed E-state index contributed by atoms with van der Waals surface area (Å²) >= 11 is 0. The van der Waals surface area contributed by atoms with E-state index in [-0.39, 0.29) is 12.1 Å². The number of nitrogens with one attached hydrogen (secondary N) is 1. The maximum absolute atomic E-state index is 12.0. The molecule has 0 saturated heterocycles. The number of rotatable bonds is 7. The molecule has 156 valence electrons. The number of alkyl carbamates (subject to hydrolysis) is 1. The number of hydrogen-bond donors (Lipinski definition) is 1. The van der Waals surface area contributed by atoms with Gasteiger partial charge in [0, 0.05) is 12.6 Å². The lowest BCUT2D eigenvalue weighted by atomic mass is 9.51. The van der Waals surface area contributed by atoms with Crippen LogP contribution in [0.5, 0.6) is 0 Å². The van der Waals surface area contributed by atoms with Crippen LogP contribution in [0.3, 0.4) is 0 Å². The fourth-order valence-electron chi connectivity index (χ4n) is 6.00. The number of benzene rings is 1. The molecule has 5 heteroatoms. The van der Waals surface area contributed by atoms with E-state index in [1.54, 1.807) is 6.08 Å². The smallest absolute Gasteiger partial charge is 0.407 e. The van der Waals surface area contributed by atoms with Crippen LogP contribution < -0.4 is 5.32 Å². The minimum atomic E-state index is -0.382. The minimum absolute atomic E-state index is 0.344. The predicted molar refractivity (Wildman–Crippen MR) is 111 cm³/mol. The van der Waals surface area contributed by atoms with Crippen molar-refractivity contribution in [1.82, 2.24) is 5.32 Å². The molecule has 0 aromatic heterocycles. The van der Waals surface area contributed by atoms with Crippen LogP contribution in [0.1, 0.15) is 49.7 Å². The highest BCUT2D eigenvalue weighted by atomic mass is 16.5. The van der Waals surface area contributed by atoms with Crippen molar-refractivity contribution < 1.29 is 19.1 Å². The Hall–Kier alpha value is -2.30. The van der Waals surface area contributed by atoms with E-state index in [0.717, 1.165) is 47.1 Å². The number of carbonyl (C=O) groups excluding carboxylic acids is 2. The van der Waals surface area contributed by atoms with Gasteiger partial charge in [-0.15, -0.1) is 0 Å². The second-order valence-electron chi connectivity index (χ2n) is 8.97. The first-order chi connectivity index (χ1) is 14.1. The van der Waals surface area contributed by atoms with E-state index < -0.39 is 0 Å². The van der Waals surface area contributed by atoms with Crippen LogP contribution in [-0.2, 0) is 20.8 Å². The highest BCUT2D eigenvalue weighted by Crippen LogP contribution is 2.57. The Labute approximate surface area is 172 Å². The van der Waals surface area contributed by atoms with Crippen molar-refractivity contribution in [1.29, 1.82) is 0 Å². The summed E-state index contributed by atoms with van der Waals surface area (Å²) in [4.78, 5) is 23.2. The van der Waals surface area contributed by atoms with Crippen molar-refractivity contribution >= 4 is 18.1 Å². The Morgan fingerprint density at radius 3 is 2.31 bits per heavy atom. The Morgan fingerprint density at radius 1 is 1.03 bits per heavy atom. The fraction of sp³-hybridized carbons (Fsp3) is 0.583. The topological polar surface area (TPSA) is 64.6 Å². The molecule has 1 aromatic rings. The number of hydrogen-bond acceptors (Lipinski definition) is 4. The molecule has 4 bridgehead atoms. The van der Waals surface area contributed by atoms with E-state index in [4.69, 9.17) is 4.74 Å². The Bertz CT molecular complexity index is 727. The standard InChI is InChI=1S/C24H31NO4/c1-28-23(26)7-6-16-2-4-17(5-3-16)15-25-24(27)29-9-8-22-20-11-18-10-19(13-20)14-21(22)12-18/h2-7,18-22H,8-15H2,1H3,(H,25,27). The number of ether oxygens (including phenoxy) is 2. The van der Waals surface area contributed by atoms with Gasteiger partial charge in [-0.25, -0.2) is 9.59 Å². The summed E-state index contributed by atoms with van der Waals surface area (Å²) in [6.45, 7) is 0.952. The van der Waals surface area contributed by atoms with Gasteiger partial charge in [-0.05, 0) is 85.3 Å². The number of carbonyl (C=O) groups is 2. The minimum Gasteiger partial charge on any atom is -0.466 e. The molecule has 0 spiro atoms. The van der Waals surface area contributed by atoms with E-state index in [0.29, 0.717) is 13.2 Å². The lowest BCUT2D eigenvalue weighted by Gasteiger charge is -2.54. The first kappa shape index (κ1) is 20.0. The van der Waals surface area contributed by atoms with Crippen LogP contribution >= 0.6 is 0 Å². The second kappa shape index (κ2) is 9.02. The van der Waals surface area contributed by atoms with Gasteiger partial charge in [0.25, 0.3) is 0 Å². The van der Waals surface area contributed by atoms with Gasteiger partial charge in [0.2, 0.25) is 0 Å². The Kier molecular flexibility index (Phi) is 6.22. The molecule has 1 N–H and O–H groups in total. The third-order valence-electron chi connectivity index (χ3n) is 7.14. The average Bonchev–Trinajstić information content (AvgIpc) is 2.72. The van der Waals surface area contributed by atoms with Crippen molar-refractivity contribution in [3.8, 4) is 0 Å². The van der Waals surface area contributed by atoms with Gasteiger partial charge in [0.15, 0.2) is 0 Å². The van der Waals surface area contributed by atoms with E-state index in [2.05, 4.69) is 10.1 Å². The van der Waals surface area contributed by atoms with Crippen molar-refractivity contribution in [3.05, 3.63) is 41.5 Å². The molecule has 4 fully saturated rings. The molecule has 5 rings (SSSR count). The lowest BCUT2D eigenvalue weighted by molar-refractivity contribution is -0.134. The normalized spacial score (nSPS) is 29.8. The molecule has 0 heterocycles. The summed E-state index contributed by atoms with van der Waals surface area (Å²) < 4.78 is 10.0. The SMILES string of the molecule is COC(=O)C=Cc1ccc(CNC(=O)OCCC2C3CC4CC(C3)CC2C4)cc1. The molecule has 5 nitrogen and oxygen atoms in total. The highest BCUT2D eigenvalue weighted by molar-refractivity contribution is 5.86. The average molecular weight is 398 g/mol. The van der Waals surface area contributed by atoms with Crippen LogP contribution in [0.15, 0.2) is 30.3 Å². The number of esters is 1. The molecular weight excluding hydrogens is 366 g/mol. The van der Waals surface area contributed by atoms with Gasteiger partial charge in [0.1, 0.15) is 0 Å². The summed E-state index contributed by atoms with van der Waals surface area (Å²) in [6, 6.07) is 7.64. The Balaban J connectivity index is 1.16. The van der Waals surface area contributed by atoms with Gasteiger partial charge < -0.3 is 14.8 Å². The molecule has 4 aliphatic rings. The zero-order valence-electron chi connectivity index (χ0n) is 17.1. The quantitative estimate of drug-likeness (QED) is 0.541. The van der Waals surface area contributed by atoms with Crippen molar-refractivity contribution in [2.45, 2.75) is 45.1 Å². The van der Waals surface area contributed by atoms with E-state index >= 15 is 0 Å². The molecular formula is C24H31NO4. The lowest BCUT2D eigenvalue weighted by Crippen LogP contribution is -2.45. The van der Waals surface area contributed by atoms with Crippen LogP contribution in [0, 0.1) is 29.6 Å². The second-order valence-corrected chi connectivity index (χ2v) is 8.97. The van der Waals surface area contributed by atoms with Gasteiger partial charge in [-0.1, -0.05) is 24.3 Å². The number of amides is 1. The first-order valence-corrected chi connectivity index (χ1v) is 10.9. The van der Waals surface area contributed by atoms with Crippen LogP contribution in [0.4, 0.5) is 4.79 Å². The van der Waals surface area contributed by atoms with Crippen molar-refractivity contribution in [2.75, 3.05) is 13.7 Å². The van der Waals surface area contributed by atoms with Gasteiger partial charge >= 0.3 is 12.1 Å². The summed E-state index contributed by atoms with van der Waals surface area (Å²) in [5.74, 6) is 4.11. The molecule has 4 saturated carbocycles. The van der Waals surface area contributed by atoms with Crippen molar-refractivity contribution in [3.63, 3.8) is 0 Å². The van der Waals surface area contributed by atoms with E-state index in [9.17, 15) is 9.59 Å².